The summed E-state index contributed by atoms with van der Waals surface area (Å²) in [4.78, 5) is 52.1. The van der Waals surface area contributed by atoms with Crippen molar-refractivity contribution in [2.45, 2.75) is 43.2 Å². The molecule has 1 unspecified atom stereocenters. The molecule has 5 aliphatic rings. The summed E-state index contributed by atoms with van der Waals surface area (Å²) in [5, 5.41) is 10.9. The standard InChI is InChI=1S/C37H44N4O6/c1-2-36-15-9-18-40(25-27-11-5-3-6-12-27)33(43)30(36)31-34(44)41(29(26-42)28-13-7-4-8-14-28)32-35(45)39(17-10-16-37(31,32)47-36)20-19-38-21-23-46-24-22-38/h3-16,29-32,42H,2,17-26H2,1H3/t29-,30-,31+,32?,36+,37+/m1/s1. The Morgan fingerprint density at radius 1 is 0.830 bits per heavy atom. The number of fused-ring (bicyclic) bond motifs is 2. The van der Waals surface area contributed by atoms with Crippen LogP contribution in [-0.4, -0.2) is 119 Å². The lowest BCUT2D eigenvalue weighted by Gasteiger charge is -2.41. The summed E-state index contributed by atoms with van der Waals surface area (Å²) in [6, 6.07) is 17.3. The molecule has 0 aliphatic carbocycles. The first-order chi connectivity index (χ1) is 22.9. The van der Waals surface area contributed by atoms with E-state index in [1.54, 1.807) is 14.7 Å². The Labute approximate surface area is 276 Å². The minimum atomic E-state index is -1.39. The summed E-state index contributed by atoms with van der Waals surface area (Å²) >= 11 is 0. The molecule has 10 heteroatoms. The zero-order valence-electron chi connectivity index (χ0n) is 26.9. The number of benzene rings is 2. The van der Waals surface area contributed by atoms with Crippen molar-refractivity contribution in [1.82, 2.24) is 19.6 Å². The zero-order valence-corrected chi connectivity index (χ0v) is 26.9. The molecule has 0 radical (unpaired) electrons. The lowest BCUT2D eigenvalue weighted by atomic mass is 9.73. The van der Waals surface area contributed by atoms with Gasteiger partial charge in [-0.05, 0) is 17.5 Å². The maximum atomic E-state index is 15.0. The second kappa shape index (κ2) is 13.0. The zero-order chi connectivity index (χ0) is 32.6. The van der Waals surface area contributed by atoms with Crippen LogP contribution in [0.1, 0.15) is 30.5 Å². The van der Waals surface area contributed by atoms with Gasteiger partial charge in [0.2, 0.25) is 17.7 Å². The summed E-state index contributed by atoms with van der Waals surface area (Å²) < 4.78 is 12.7. The van der Waals surface area contributed by atoms with Crippen molar-refractivity contribution in [2.75, 3.05) is 59.1 Å². The van der Waals surface area contributed by atoms with Gasteiger partial charge in [0.05, 0.1) is 43.3 Å². The number of ether oxygens (including phenoxy) is 2. The highest BCUT2D eigenvalue weighted by molar-refractivity contribution is 6.00. The van der Waals surface area contributed by atoms with Crippen molar-refractivity contribution >= 4 is 17.7 Å². The van der Waals surface area contributed by atoms with E-state index < -0.39 is 35.1 Å². The van der Waals surface area contributed by atoms with E-state index in [1.165, 1.54) is 0 Å². The van der Waals surface area contributed by atoms with Crippen LogP contribution in [-0.2, 0) is 30.4 Å². The van der Waals surface area contributed by atoms with Crippen LogP contribution < -0.4 is 0 Å². The van der Waals surface area contributed by atoms with E-state index in [0.29, 0.717) is 52.4 Å². The first-order valence-electron chi connectivity index (χ1n) is 16.9. The van der Waals surface area contributed by atoms with Crippen LogP contribution in [0.15, 0.2) is 85.0 Å². The molecule has 7 rings (SSSR count). The smallest absolute Gasteiger partial charge is 0.249 e. The van der Waals surface area contributed by atoms with Crippen molar-refractivity contribution in [3.63, 3.8) is 0 Å². The Hall–Kier alpha value is -3.83. The molecule has 3 saturated heterocycles. The van der Waals surface area contributed by atoms with Gasteiger partial charge in [0, 0.05) is 45.8 Å². The summed E-state index contributed by atoms with van der Waals surface area (Å²) in [7, 11) is 0. The number of amides is 3. The van der Waals surface area contributed by atoms with Gasteiger partial charge < -0.3 is 29.3 Å². The van der Waals surface area contributed by atoms with Crippen LogP contribution in [0.25, 0.3) is 0 Å². The molecule has 1 spiro atoms. The average Bonchev–Trinajstić information content (AvgIpc) is 3.41. The first kappa shape index (κ1) is 31.8. The second-order valence-electron chi connectivity index (χ2n) is 13.2. The number of hydrogen-bond donors (Lipinski definition) is 1. The van der Waals surface area contributed by atoms with Crippen molar-refractivity contribution in [2.24, 2.45) is 11.8 Å². The number of carbonyl (C=O) groups is 3. The number of rotatable bonds is 9. The van der Waals surface area contributed by atoms with Crippen molar-refractivity contribution < 1.29 is 29.0 Å². The highest BCUT2D eigenvalue weighted by atomic mass is 16.5. The van der Waals surface area contributed by atoms with E-state index in [-0.39, 0.29) is 24.3 Å². The van der Waals surface area contributed by atoms with Gasteiger partial charge in [0.15, 0.2) is 0 Å². The normalized spacial score (nSPS) is 31.4. The van der Waals surface area contributed by atoms with E-state index >= 15 is 4.79 Å². The molecule has 10 nitrogen and oxygen atoms in total. The van der Waals surface area contributed by atoms with E-state index in [1.807, 2.05) is 91.9 Å². The van der Waals surface area contributed by atoms with Crippen LogP contribution in [0.4, 0.5) is 0 Å². The summed E-state index contributed by atoms with van der Waals surface area (Å²) in [6.45, 7) is 6.84. The number of aliphatic hydroxyl groups excluding tert-OH is 1. The van der Waals surface area contributed by atoms with Gasteiger partial charge in [0.25, 0.3) is 0 Å². The molecule has 248 valence electrons. The van der Waals surface area contributed by atoms with Gasteiger partial charge in [-0.3, -0.25) is 19.3 Å². The van der Waals surface area contributed by atoms with Gasteiger partial charge in [-0.15, -0.1) is 0 Å². The fourth-order valence-electron chi connectivity index (χ4n) is 8.40. The quantitative estimate of drug-likeness (QED) is 0.420. The van der Waals surface area contributed by atoms with Crippen LogP contribution in [0.3, 0.4) is 0 Å². The first-order valence-corrected chi connectivity index (χ1v) is 16.9. The predicted molar refractivity (Wildman–Crippen MR) is 175 cm³/mol. The lowest BCUT2D eigenvalue weighted by Crippen LogP contribution is -2.57. The molecule has 5 heterocycles. The molecule has 5 aliphatic heterocycles. The van der Waals surface area contributed by atoms with Crippen LogP contribution >= 0.6 is 0 Å². The molecule has 3 fully saturated rings. The highest BCUT2D eigenvalue weighted by Crippen LogP contribution is 2.59. The van der Waals surface area contributed by atoms with Crippen molar-refractivity contribution in [3.8, 4) is 0 Å². The van der Waals surface area contributed by atoms with E-state index in [0.717, 1.165) is 24.2 Å². The predicted octanol–water partition coefficient (Wildman–Crippen LogP) is 2.41. The number of nitrogens with zero attached hydrogens (tertiary/aromatic N) is 4. The second-order valence-corrected chi connectivity index (χ2v) is 13.2. The molecular weight excluding hydrogens is 596 g/mol. The molecule has 0 aromatic heterocycles. The Morgan fingerprint density at radius 2 is 1.51 bits per heavy atom. The van der Waals surface area contributed by atoms with Gasteiger partial charge >= 0.3 is 0 Å². The fraction of sp³-hybridized carbons (Fsp3) is 0.486. The third kappa shape index (κ3) is 5.41. The third-order valence-electron chi connectivity index (χ3n) is 10.7. The van der Waals surface area contributed by atoms with E-state index in [9.17, 15) is 14.7 Å². The molecule has 0 saturated carbocycles. The molecule has 2 aromatic rings. The molecule has 2 aromatic carbocycles. The third-order valence-corrected chi connectivity index (χ3v) is 10.7. The Kier molecular flexibility index (Phi) is 8.78. The largest absolute Gasteiger partial charge is 0.394 e. The molecule has 47 heavy (non-hydrogen) atoms. The molecule has 0 bridgehead atoms. The van der Waals surface area contributed by atoms with Gasteiger partial charge in [0.1, 0.15) is 11.6 Å². The van der Waals surface area contributed by atoms with Crippen LogP contribution in [0.5, 0.6) is 0 Å². The van der Waals surface area contributed by atoms with Gasteiger partial charge in [-0.25, -0.2) is 0 Å². The molecule has 1 N–H and O–H groups in total. The molecule has 3 amide bonds. The van der Waals surface area contributed by atoms with E-state index in [4.69, 9.17) is 9.47 Å². The van der Waals surface area contributed by atoms with Crippen LogP contribution in [0, 0.1) is 11.8 Å². The summed E-state index contributed by atoms with van der Waals surface area (Å²) in [6.07, 6.45) is 8.21. The average molecular weight is 641 g/mol. The molecular formula is C37H44N4O6. The highest BCUT2D eigenvalue weighted by Gasteiger charge is 2.76. The van der Waals surface area contributed by atoms with Gasteiger partial charge in [-0.1, -0.05) is 91.9 Å². The summed E-state index contributed by atoms with van der Waals surface area (Å²) in [5.41, 5.74) is -0.740. The minimum Gasteiger partial charge on any atom is -0.394 e. The van der Waals surface area contributed by atoms with Crippen molar-refractivity contribution in [1.29, 1.82) is 0 Å². The number of aliphatic hydroxyl groups is 1. The number of carbonyl (C=O) groups excluding carboxylic acids is 3. The Balaban J connectivity index is 1.30. The van der Waals surface area contributed by atoms with Crippen LogP contribution in [0.2, 0.25) is 0 Å². The maximum Gasteiger partial charge on any atom is 0.249 e. The number of likely N-dealkylation sites (tertiary alicyclic amines) is 1. The fourth-order valence-corrected chi connectivity index (χ4v) is 8.40. The number of hydrogen-bond acceptors (Lipinski definition) is 7. The SMILES string of the molecule is CC[C@]12C=CCN(Cc3ccccc3)C(=O)[C@H]1[C@H]1C(=O)N([C@H](CO)c3ccccc3)C3C(=O)N(CCN4CCOCC4)CC=C[C@@]31O2. The Bertz CT molecular complexity index is 1530. The summed E-state index contributed by atoms with van der Waals surface area (Å²) in [5.74, 6) is -2.52. The van der Waals surface area contributed by atoms with Crippen molar-refractivity contribution in [3.05, 3.63) is 96.1 Å². The topological polar surface area (TPSA) is 103 Å². The van der Waals surface area contributed by atoms with Gasteiger partial charge in [-0.2, -0.15) is 0 Å². The maximum absolute atomic E-state index is 15.0. The van der Waals surface area contributed by atoms with E-state index in [2.05, 4.69) is 4.90 Å². The molecule has 6 atom stereocenters. The monoisotopic (exact) mass is 640 g/mol. The minimum absolute atomic E-state index is 0.161. The lowest BCUT2D eigenvalue weighted by molar-refractivity contribution is -0.157. The number of morpholine rings is 1. The Morgan fingerprint density at radius 3 is 2.21 bits per heavy atom.